The molecule has 0 atom stereocenters. The highest BCUT2D eigenvalue weighted by Gasteiger charge is 2.27. The van der Waals surface area contributed by atoms with Gasteiger partial charge in [0.15, 0.2) is 0 Å². The van der Waals surface area contributed by atoms with Crippen molar-refractivity contribution in [1.82, 2.24) is 14.4 Å². The molecule has 1 aliphatic rings. The van der Waals surface area contributed by atoms with Gasteiger partial charge < -0.3 is 19.1 Å². The first-order chi connectivity index (χ1) is 12.4. The zero-order chi connectivity index (χ0) is 18.8. The van der Waals surface area contributed by atoms with Gasteiger partial charge in [0.2, 0.25) is 0 Å². The lowest BCUT2D eigenvalue weighted by molar-refractivity contribution is 0.0533. The van der Waals surface area contributed by atoms with E-state index in [1.165, 1.54) is 0 Å². The van der Waals surface area contributed by atoms with Crippen LogP contribution in [0.3, 0.4) is 0 Å². The second-order valence-corrected chi connectivity index (χ2v) is 6.79. The summed E-state index contributed by atoms with van der Waals surface area (Å²) in [6.07, 6.45) is 3.68. The maximum Gasteiger partial charge on any atom is 0.257 e. The monoisotopic (exact) mass is 355 g/mol. The van der Waals surface area contributed by atoms with Crippen molar-refractivity contribution in [3.63, 3.8) is 0 Å². The number of aryl methyl sites for hydroxylation is 3. The minimum absolute atomic E-state index is 0.0152. The van der Waals surface area contributed by atoms with Gasteiger partial charge in [0.1, 0.15) is 5.75 Å². The predicted molar refractivity (Wildman–Crippen MR) is 99.7 cm³/mol. The molecular formula is C20H25N3O3. The van der Waals surface area contributed by atoms with Crippen LogP contribution in [-0.2, 0) is 7.05 Å². The fourth-order valence-electron chi connectivity index (χ4n) is 3.22. The van der Waals surface area contributed by atoms with E-state index in [1.54, 1.807) is 16.9 Å². The van der Waals surface area contributed by atoms with Gasteiger partial charge in [-0.05, 0) is 43.2 Å². The molecule has 1 aromatic heterocycles. The molecule has 0 aliphatic carbocycles. The molecule has 0 radical (unpaired) electrons. The van der Waals surface area contributed by atoms with Crippen LogP contribution in [0.1, 0.15) is 31.8 Å². The van der Waals surface area contributed by atoms with Crippen LogP contribution >= 0.6 is 0 Å². The van der Waals surface area contributed by atoms with Crippen molar-refractivity contribution in [1.29, 1.82) is 0 Å². The largest absolute Gasteiger partial charge is 0.496 e. The second-order valence-electron chi connectivity index (χ2n) is 6.79. The molecule has 0 saturated carbocycles. The van der Waals surface area contributed by atoms with E-state index in [9.17, 15) is 9.59 Å². The van der Waals surface area contributed by atoms with Crippen LogP contribution in [0, 0.1) is 13.8 Å². The third-order valence-electron chi connectivity index (χ3n) is 4.98. The molecule has 1 aromatic carbocycles. The van der Waals surface area contributed by atoms with Gasteiger partial charge in [0, 0.05) is 45.6 Å². The van der Waals surface area contributed by atoms with E-state index in [4.69, 9.17) is 4.74 Å². The van der Waals surface area contributed by atoms with E-state index in [2.05, 4.69) is 0 Å². The number of ether oxygens (including phenoxy) is 1. The minimum Gasteiger partial charge on any atom is -0.496 e. The summed E-state index contributed by atoms with van der Waals surface area (Å²) < 4.78 is 7.26. The molecule has 138 valence electrons. The molecule has 2 heterocycles. The Kier molecular flexibility index (Phi) is 5.02. The lowest BCUT2D eigenvalue weighted by Gasteiger charge is -2.35. The van der Waals surface area contributed by atoms with Crippen molar-refractivity contribution in [3.8, 4) is 5.75 Å². The number of aromatic nitrogens is 1. The molecule has 2 amide bonds. The van der Waals surface area contributed by atoms with Gasteiger partial charge in [-0.1, -0.05) is 0 Å². The number of methoxy groups -OCH3 is 1. The Morgan fingerprint density at radius 2 is 1.54 bits per heavy atom. The van der Waals surface area contributed by atoms with Crippen molar-refractivity contribution < 1.29 is 14.3 Å². The molecule has 6 heteroatoms. The maximum absolute atomic E-state index is 12.9. The highest BCUT2D eigenvalue weighted by molar-refractivity contribution is 5.98. The molecule has 1 saturated heterocycles. The average Bonchev–Trinajstić information content (AvgIpc) is 3.09. The highest BCUT2D eigenvalue weighted by atomic mass is 16.5. The Morgan fingerprint density at radius 1 is 0.962 bits per heavy atom. The SMILES string of the molecule is COc1cc(C)c(C)cc1C(=O)N1CCN(C(=O)c2ccn(C)c2)CC1. The van der Waals surface area contributed by atoms with Crippen molar-refractivity contribution in [2.45, 2.75) is 13.8 Å². The number of rotatable bonds is 3. The van der Waals surface area contributed by atoms with Crippen LogP contribution in [0.4, 0.5) is 0 Å². The molecule has 0 bridgehead atoms. The molecule has 6 nitrogen and oxygen atoms in total. The van der Waals surface area contributed by atoms with E-state index < -0.39 is 0 Å². The number of carbonyl (C=O) groups is 2. The summed E-state index contributed by atoms with van der Waals surface area (Å²) in [5, 5.41) is 0. The Labute approximate surface area is 154 Å². The zero-order valence-electron chi connectivity index (χ0n) is 15.8. The van der Waals surface area contributed by atoms with Crippen LogP contribution in [0.2, 0.25) is 0 Å². The first-order valence-corrected chi connectivity index (χ1v) is 8.76. The quantitative estimate of drug-likeness (QED) is 0.849. The van der Waals surface area contributed by atoms with Gasteiger partial charge in [-0.15, -0.1) is 0 Å². The number of benzene rings is 1. The summed E-state index contributed by atoms with van der Waals surface area (Å²) in [7, 11) is 3.47. The number of amides is 2. The van der Waals surface area contributed by atoms with Gasteiger partial charge in [0.25, 0.3) is 11.8 Å². The topological polar surface area (TPSA) is 54.8 Å². The number of hydrogen-bond acceptors (Lipinski definition) is 3. The molecule has 1 aliphatic heterocycles. The predicted octanol–water partition coefficient (Wildman–Crippen LogP) is 2.25. The average molecular weight is 355 g/mol. The number of carbonyl (C=O) groups excluding carboxylic acids is 2. The van der Waals surface area contributed by atoms with E-state index in [0.717, 1.165) is 11.1 Å². The smallest absolute Gasteiger partial charge is 0.257 e. The van der Waals surface area contributed by atoms with Crippen LogP contribution < -0.4 is 4.74 Å². The van der Waals surface area contributed by atoms with E-state index >= 15 is 0 Å². The fourth-order valence-corrected chi connectivity index (χ4v) is 3.22. The Bertz CT molecular complexity index is 833. The molecular weight excluding hydrogens is 330 g/mol. The van der Waals surface area contributed by atoms with Crippen LogP contribution in [-0.4, -0.2) is 59.5 Å². The van der Waals surface area contributed by atoms with Gasteiger partial charge in [-0.3, -0.25) is 9.59 Å². The Balaban J connectivity index is 1.69. The first-order valence-electron chi connectivity index (χ1n) is 8.76. The summed E-state index contributed by atoms with van der Waals surface area (Å²) in [5.41, 5.74) is 3.42. The summed E-state index contributed by atoms with van der Waals surface area (Å²) in [6, 6.07) is 5.61. The lowest BCUT2D eigenvalue weighted by atomic mass is 10.0. The Hall–Kier alpha value is -2.76. The maximum atomic E-state index is 12.9. The van der Waals surface area contributed by atoms with Crippen LogP contribution in [0.5, 0.6) is 5.75 Å². The van der Waals surface area contributed by atoms with Gasteiger partial charge in [-0.2, -0.15) is 0 Å². The minimum atomic E-state index is -0.0447. The van der Waals surface area contributed by atoms with Gasteiger partial charge in [0.05, 0.1) is 18.2 Å². The molecule has 0 spiro atoms. The van der Waals surface area contributed by atoms with Crippen LogP contribution in [0.25, 0.3) is 0 Å². The second kappa shape index (κ2) is 7.23. The van der Waals surface area contributed by atoms with E-state index in [1.807, 2.05) is 56.1 Å². The van der Waals surface area contributed by atoms with Crippen molar-refractivity contribution in [2.75, 3.05) is 33.3 Å². The zero-order valence-corrected chi connectivity index (χ0v) is 15.8. The number of nitrogens with zero attached hydrogens (tertiary/aromatic N) is 3. The third kappa shape index (κ3) is 3.45. The standard InChI is InChI=1S/C20H25N3O3/c1-14-11-17(18(26-4)12-15(14)2)20(25)23-9-7-22(8-10-23)19(24)16-5-6-21(3)13-16/h5-6,11-13H,7-10H2,1-4H3. The number of piperazine rings is 1. The van der Waals surface area contributed by atoms with E-state index in [0.29, 0.717) is 43.1 Å². The number of hydrogen-bond donors (Lipinski definition) is 0. The van der Waals surface area contributed by atoms with Crippen molar-refractivity contribution >= 4 is 11.8 Å². The molecule has 1 fully saturated rings. The van der Waals surface area contributed by atoms with Gasteiger partial charge in [-0.25, -0.2) is 0 Å². The molecule has 0 unspecified atom stereocenters. The summed E-state index contributed by atoms with van der Waals surface area (Å²) in [6.45, 7) is 6.10. The summed E-state index contributed by atoms with van der Waals surface area (Å²) >= 11 is 0. The molecule has 0 N–H and O–H groups in total. The summed E-state index contributed by atoms with van der Waals surface area (Å²) in [4.78, 5) is 29.1. The molecule has 2 aromatic rings. The fraction of sp³-hybridized carbons (Fsp3) is 0.400. The first kappa shape index (κ1) is 18.0. The third-order valence-corrected chi connectivity index (χ3v) is 4.98. The highest BCUT2D eigenvalue weighted by Crippen LogP contribution is 2.25. The Morgan fingerprint density at radius 3 is 2.08 bits per heavy atom. The van der Waals surface area contributed by atoms with E-state index in [-0.39, 0.29) is 11.8 Å². The van der Waals surface area contributed by atoms with Gasteiger partial charge >= 0.3 is 0 Å². The lowest BCUT2D eigenvalue weighted by Crippen LogP contribution is -2.50. The molecule has 26 heavy (non-hydrogen) atoms. The molecule has 3 rings (SSSR count). The summed E-state index contributed by atoms with van der Waals surface area (Å²) in [5.74, 6) is 0.569. The van der Waals surface area contributed by atoms with Crippen molar-refractivity contribution in [2.24, 2.45) is 7.05 Å². The van der Waals surface area contributed by atoms with Crippen LogP contribution in [0.15, 0.2) is 30.6 Å². The van der Waals surface area contributed by atoms with Crippen molar-refractivity contribution in [3.05, 3.63) is 52.8 Å². The normalized spacial score (nSPS) is 14.5.